The number of aromatic nitrogens is 2. The molecular weight excluding hydrogens is 272 g/mol. The van der Waals surface area contributed by atoms with Gasteiger partial charge in [0.1, 0.15) is 4.60 Å². The lowest BCUT2D eigenvalue weighted by Crippen LogP contribution is -1.86. The third-order valence-electron chi connectivity index (χ3n) is 1.44. The maximum absolute atomic E-state index is 5.77. The van der Waals surface area contributed by atoms with Gasteiger partial charge in [-0.3, -0.25) is 0 Å². The molecule has 0 amide bonds. The van der Waals surface area contributed by atoms with Crippen LogP contribution in [0.3, 0.4) is 0 Å². The van der Waals surface area contributed by atoms with E-state index in [2.05, 4.69) is 25.9 Å². The van der Waals surface area contributed by atoms with Crippen LogP contribution in [0.5, 0.6) is 0 Å². The molecule has 2 heterocycles. The summed E-state index contributed by atoms with van der Waals surface area (Å²) in [7, 11) is 0. The van der Waals surface area contributed by atoms with E-state index in [0.29, 0.717) is 15.5 Å². The molecule has 0 aliphatic heterocycles. The lowest BCUT2D eigenvalue weighted by Gasteiger charge is -1.97. The van der Waals surface area contributed by atoms with E-state index in [1.165, 1.54) is 0 Å². The highest BCUT2D eigenvalue weighted by Gasteiger charge is 2.04. The molecule has 2 aromatic heterocycles. The van der Waals surface area contributed by atoms with Gasteiger partial charge in [0.2, 0.25) is 0 Å². The van der Waals surface area contributed by atoms with Gasteiger partial charge in [-0.1, -0.05) is 17.7 Å². The van der Waals surface area contributed by atoms with Crippen LogP contribution in [0.2, 0.25) is 5.02 Å². The highest BCUT2D eigenvalue weighted by molar-refractivity contribution is 9.10. The molecule has 0 aliphatic rings. The molecule has 66 valence electrons. The first-order valence-electron chi connectivity index (χ1n) is 3.49. The molecule has 2 aromatic rings. The normalized spacial score (nSPS) is 10.3. The highest BCUT2D eigenvalue weighted by Crippen LogP contribution is 2.25. The molecule has 0 N–H and O–H groups in total. The Kier molecular flexibility index (Phi) is 2.62. The van der Waals surface area contributed by atoms with Crippen LogP contribution in [-0.2, 0) is 0 Å². The monoisotopic (exact) mass is 274 g/mol. The summed E-state index contributed by atoms with van der Waals surface area (Å²) in [5.74, 6) is 0.700. The van der Waals surface area contributed by atoms with Gasteiger partial charge >= 0.3 is 0 Å². The standard InChI is InChI=1S/C8H4BrClN2S/c9-7-5(10)4-11-8(12-7)6-2-1-3-13-6/h1-4H. The Hall–Kier alpha value is -0.450. The predicted octanol–water partition coefficient (Wildman–Crippen LogP) is 3.62. The molecule has 2 rings (SSSR count). The van der Waals surface area contributed by atoms with Crippen LogP contribution in [0.25, 0.3) is 10.7 Å². The van der Waals surface area contributed by atoms with Crippen molar-refractivity contribution in [3.05, 3.63) is 33.3 Å². The van der Waals surface area contributed by atoms with Crippen molar-refractivity contribution in [3.63, 3.8) is 0 Å². The van der Waals surface area contributed by atoms with Gasteiger partial charge in [-0.05, 0) is 27.4 Å². The molecule has 0 atom stereocenters. The third kappa shape index (κ3) is 1.90. The number of halogens is 2. The second-order valence-corrected chi connectivity index (χ2v) is 4.42. The van der Waals surface area contributed by atoms with E-state index in [1.807, 2.05) is 17.5 Å². The zero-order chi connectivity index (χ0) is 9.26. The van der Waals surface area contributed by atoms with Crippen molar-refractivity contribution in [2.75, 3.05) is 0 Å². The van der Waals surface area contributed by atoms with E-state index in [9.17, 15) is 0 Å². The Morgan fingerprint density at radius 2 is 2.31 bits per heavy atom. The Bertz CT molecular complexity index is 416. The molecule has 0 saturated carbocycles. The minimum absolute atomic E-state index is 0.528. The molecule has 5 heteroatoms. The van der Waals surface area contributed by atoms with E-state index in [1.54, 1.807) is 17.5 Å². The van der Waals surface area contributed by atoms with Crippen molar-refractivity contribution in [2.24, 2.45) is 0 Å². The second-order valence-electron chi connectivity index (χ2n) is 2.31. The minimum Gasteiger partial charge on any atom is -0.234 e. The van der Waals surface area contributed by atoms with Crippen LogP contribution < -0.4 is 0 Å². The molecule has 0 unspecified atom stereocenters. The Morgan fingerprint density at radius 1 is 1.46 bits per heavy atom. The summed E-state index contributed by atoms with van der Waals surface area (Å²) in [5, 5.41) is 2.52. The largest absolute Gasteiger partial charge is 0.234 e. The van der Waals surface area contributed by atoms with Crippen LogP contribution in [0.15, 0.2) is 28.3 Å². The Labute approximate surface area is 92.7 Å². The van der Waals surface area contributed by atoms with Crippen molar-refractivity contribution in [3.8, 4) is 10.7 Å². The molecule has 0 fully saturated rings. The number of thiophene rings is 1. The van der Waals surface area contributed by atoms with Crippen LogP contribution >= 0.6 is 38.9 Å². The van der Waals surface area contributed by atoms with E-state index in [0.717, 1.165) is 4.88 Å². The SMILES string of the molecule is Clc1cnc(-c2cccs2)nc1Br. The fraction of sp³-hybridized carbons (Fsp3) is 0. The van der Waals surface area contributed by atoms with E-state index < -0.39 is 0 Å². The van der Waals surface area contributed by atoms with Gasteiger partial charge in [-0.25, -0.2) is 9.97 Å². The Balaban J connectivity index is 2.49. The summed E-state index contributed by atoms with van der Waals surface area (Å²) < 4.78 is 0.632. The Morgan fingerprint density at radius 3 is 2.92 bits per heavy atom. The second kappa shape index (κ2) is 3.74. The van der Waals surface area contributed by atoms with Gasteiger partial charge in [-0.15, -0.1) is 11.3 Å². The quantitative estimate of drug-likeness (QED) is 0.743. The first-order chi connectivity index (χ1) is 6.27. The topological polar surface area (TPSA) is 25.8 Å². The van der Waals surface area contributed by atoms with E-state index in [-0.39, 0.29) is 0 Å². The average Bonchev–Trinajstić information content (AvgIpc) is 2.62. The van der Waals surface area contributed by atoms with Crippen molar-refractivity contribution in [2.45, 2.75) is 0 Å². The number of hydrogen-bond acceptors (Lipinski definition) is 3. The summed E-state index contributed by atoms with van der Waals surface area (Å²) in [5.41, 5.74) is 0. The van der Waals surface area contributed by atoms with Gasteiger partial charge in [-0.2, -0.15) is 0 Å². The van der Waals surface area contributed by atoms with Crippen LogP contribution in [0.4, 0.5) is 0 Å². The third-order valence-corrected chi connectivity index (χ3v) is 3.42. The van der Waals surface area contributed by atoms with Crippen LogP contribution in [0.1, 0.15) is 0 Å². The minimum atomic E-state index is 0.528. The van der Waals surface area contributed by atoms with Crippen molar-refractivity contribution >= 4 is 38.9 Å². The highest BCUT2D eigenvalue weighted by atomic mass is 79.9. The smallest absolute Gasteiger partial charge is 0.170 e. The average molecular weight is 276 g/mol. The molecular formula is C8H4BrClN2S. The van der Waals surface area contributed by atoms with Crippen molar-refractivity contribution in [1.29, 1.82) is 0 Å². The lowest BCUT2D eigenvalue weighted by atomic mass is 10.4. The van der Waals surface area contributed by atoms with Gasteiger partial charge in [0.25, 0.3) is 0 Å². The predicted molar refractivity (Wildman–Crippen MR) is 58.1 cm³/mol. The van der Waals surface area contributed by atoms with Gasteiger partial charge in [0.15, 0.2) is 5.82 Å². The molecule has 0 spiro atoms. The van der Waals surface area contributed by atoms with Crippen molar-refractivity contribution < 1.29 is 0 Å². The van der Waals surface area contributed by atoms with Gasteiger partial charge in [0.05, 0.1) is 16.1 Å². The van der Waals surface area contributed by atoms with Gasteiger partial charge < -0.3 is 0 Å². The lowest BCUT2D eigenvalue weighted by molar-refractivity contribution is 1.16. The first-order valence-corrected chi connectivity index (χ1v) is 5.54. The molecule has 2 nitrogen and oxygen atoms in total. The number of nitrogens with zero attached hydrogens (tertiary/aromatic N) is 2. The first kappa shape index (κ1) is 9.12. The van der Waals surface area contributed by atoms with E-state index >= 15 is 0 Å². The maximum Gasteiger partial charge on any atom is 0.170 e. The number of hydrogen-bond donors (Lipinski definition) is 0. The van der Waals surface area contributed by atoms with Crippen LogP contribution in [-0.4, -0.2) is 9.97 Å². The summed E-state index contributed by atoms with van der Waals surface area (Å²) in [6.07, 6.45) is 1.59. The fourth-order valence-electron chi connectivity index (χ4n) is 0.871. The molecule has 0 aliphatic carbocycles. The summed E-state index contributed by atoms with van der Waals surface area (Å²) in [4.78, 5) is 9.36. The molecule has 0 saturated heterocycles. The van der Waals surface area contributed by atoms with Crippen LogP contribution in [0, 0.1) is 0 Å². The molecule has 0 radical (unpaired) electrons. The van der Waals surface area contributed by atoms with E-state index in [4.69, 9.17) is 11.6 Å². The number of rotatable bonds is 1. The maximum atomic E-state index is 5.77. The van der Waals surface area contributed by atoms with Crippen molar-refractivity contribution in [1.82, 2.24) is 9.97 Å². The molecule has 0 bridgehead atoms. The zero-order valence-corrected chi connectivity index (χ0v) is 9.53. The molecule has 0 aromatic carbocycles. The summed E-state index contributed by atoms with van der Waals surface area (Å²) >= 11 is 10.6. The summed E-state index contributed by atoms with van der Waals surface area (Å²) in [6.45, 7) is 0. The van der Waals surface area contributed by atoms with Gasteiger partial charge in [0, 0.05) is 0 Å². The zero-order valence-electron chi connectivity index (χ0n) is 6.37. The summed E-state index contributed by atoms with van der Waals surface area (Å²) in [6, 6.07) is 3.94. The fourth-order valence-corrected chi connectivity index (χ4v) is 1.90. The molecule has 13 heavy (non-hydrogen) atoms.